The van der Waals surface area contributed by atoms with Crippen LogP contribution in [0.5, 0.6) is 0 Å². The predicted octanol–water partition coefficient (Wildman–Crippen LogP) is 3.21. The molecule has 24 heavy (non-hydrogen) atoms. The SMILES string of the molecule is CC(NC(=O)C(C)(C)c1ccc(F)cc1)C(O)Cc1ccccc1. The molecule has 1 amide bonds. The van der Waals surface area contributed by atoms with Crippen molar-refractivity contribution < 1.29 is 14.3 Å². The molecule has 0 bridgehead atoms. The summed E-state index contributed by atoms with van der Waals surface area (Å²) < 4.78 is 13.1. The third-order valence-electron chi connectivity index (χ3n) is 4.36. The summed E-state index contributed by atoms with van der Waals surface area (Å²) in [7, 11) is 0. The lowest BCUT2D eigenvalue weighted by Gasteiger charge is -2.28. The quantitative estimate of drug-likeness (QED) is 0.855. The summed E-state index contributed by atoms with van der Waals surface area (Å²) in [5, 5.41) is 13.2. The van der Waals surface area contributed by atoms with Crippen molar-refractivity contribution in [2.75, 3.05) is 0 Å². The maximum Gasteiger partial charge on any atom is 0.230 e. The molecule has 0 aliphatic heterocycles. The molecule has 128 valence electrons. The van der Waals surface area contributed by atoms with Crippen LogP contribution in [-0.2, 0) is 16.6 Å². The highest BCUT2D eigenvalue weighted by atomic mass is 19.1. The Hall–Kier alpha value is -2.20. The van der Waals surface area contributed by atoms with Crippen LogP contribution in [0.3, 0.4) is 0 Å². The van der Waals surface area contributed by atoms with Crippen LogP contribution in [0.2, 0.25) is 0 Å². The van der Waals surface area contributed by atoms with E-state index in [4.69, 9.17) is 0 Å². The molecule has 0 spiro atoms. The summed E-state index contributed by atoms with van der Waals surface area (Å²) in [5.74, 6) is -0.532. The monoisotopic (exact) mass is 329 g/mol. The average Bonchev–Trinajstić information content (AvgIpc) is 2.56. The topological polar surface area (TPSA) is 49.3 Å². The molecule has 2 rings (SSSR count). The minimum Gasteiger partial charge on any atom is -0.391 e. The van der Waals surface area contributed by atoms with E-state index in [1.807, 2.05) is 30.3 Å². The summed E-state index contributed by atoms with van der Waals surface area (Å²) in [5.41, 5.74) is 0.934. The molecule has 3 nitrogen and oxygen atoms in total. The molecule has 2 aromatic carbocycles. The highest BCUT2D eigenvalue weighted by Crippen LogP contribution is 2.24. The molecule has 0 saturated heterocycles. The number of benzene rings is 2. The first kappa shape index (κ1) is 18.1. The van der Waals surface area contributed by atoms with Gasteiger partial charge >= 0.3 is 0 Å². The third kappa shape index (κ3) is 4.42. The molecule has 0 heterocycles. The minimum absolute atomic E-state index is 0.200. The summed E-state index contributed by atoms with van der Waals surface area (Å²) >= 11 is 0. The summed E-state index contributed by atoms with van der Waals surface area (Å²) in [4.78, 5) is 12.6. The van der Waals surface area contributed by atoms with Crippen LogP contribution in [0.4, 0.5) is 4.39 Å². The molecule has 2 aromatic rings. The standard InChI is InChI=1S/C20H24FNO2/c1-14(18(23)13-15-7-5-4-6-8-15)22-19(24)20(2,3)16-9-11-17(21)12-10-16/h4-12,14,18,23H,13H2,1-3H3,(H,22,24). The van der Waals surface area contributed by atoms with Gasteiger partial charge in [0, 0.05) is 6.42 Å². The highest BCUT2D eigenvalue weighted by molar-refractivity contribution is 5.87. The van der Waals surface area contributed by atoms with Crippen LogP contribution in [0.15, 0.2) is 54.6 Å². The number of aliphatic hydroxyl groups is 1. The van der Waals surface area contributed by atoms with Crippen molar-refractivity contribution >= 4 is 5.91 Å². The Labute approximate surface area is 142 Å². The summed E-state index contributed by atoms with van der Waals surface area (Å²) in [6.07, 6.45) is -0.209. The van der Waals surface area contributed by atoms with E-state index in [-0.39, 0.29) is 11.7 Å². The van der Waals surface area contributed by atoms with Gasteiger partial charge in [-0.25, -0.2) is 4.39 Å². The Bertz CT molecular complexity index is 668. The van der Waals surface area contributed by atoms with E-state index in [2.05, 4.69) is 5.32 Å². The second-order valence-corrected chi connectivity index (χ2v) is 6.65. The lowest BCUT2D eigenvalue weighted by Crippen LogP contribution is -2.48. The fourth-order valence-corrected chi connectivity index (χ4v) is 2.51. The van der Waals surface area contributed by atoms with E-state index >= 15 is 0 Å². The number of hydrogen-bond acceptors (Lipinski definition) is 2. The fraction of sp³-hybridized carbons (Fsp3) is 0.350. The number of carbonyl (C=O) groups excluding carboxylic acids is 1. The van der Waals surface area contributed by atoms with Gasteiger partial charge in [0.25, 0.3) is 0 Å². The Morgan fingerprint density at radius 3 is 2.29 bits per heavy atom. The van der Waals surface area contributed by atoms with Gasteiger partial charge in [-0.05, 0) is 44.0 Å². The van der Waals surface area contributed by atoms with Gasteiger partial charge in [0.05, 0.1) is 17.6 Å². The number of rotatable bonds is 6. The molecule has 0 radical (unpaired) electrons. The number of carbonyl (C=O) groups is 1. The summed E-state index contributed by atoms with van der Waals surface area (Å²) in [6.45, 7) is 5.35. The molecule has 0 aromatic heterocycles. The minimum atomic E-state index is -0.811. The van der Waals surface area contributed by atoms with E-state index in [1.54, 1.807) is 32.9 Å². The van der Waals surface area contributed by atoms with Crippen LogP contribution in [-0.4, -0.2) is 23.2 Å². The van der Waals surface area contributed by atoms with Crippen molar-refractivity contribution in [1.29, 1.82) is 0 Å². The zero-order chi connectivity index (χ0) is 17.7. The zero-order valence-electron chi connectivity index (χ0n) is 14.3. The van der Waals surface area contributed by atoms with Gasteiger partial charge in [0.15, 0.2) is 0 Å². The van der Waals surface area contributed by atoms with Crippen molar-refractivity contribution in [2.24, 2.45) is 0 Å². The molecule has 0 aliphatic rings. The van der Waals surface area contributed by atoms with Gasteiger partial charge in [-0.15, -0.1) is 0 Å². The fourth-order valence-electron chi connectivity index (χ4n) is 2.51. The molecular formula is C20H24FNO2. The van der Waals surface area contributed by atoms with Gasteiger partial charge in [0.2, 0.25) is 5.91 Å². The van der Waals surface area contributed by atoms with Crippen LogP contribution in [0, 0.1) is 5.82 Å². The van der Waals surface area contributed by atoms with Crippen molar-refractivity contribution in [3.63, 3.8) is 0 Å². The first-order chi connectivity index (χ1) is 11.3. The highest BCUT2D eigenvalue weighted by Gasteiger charge is 2.31. The maximum atomic E-state index is 13.1. The second kappa shape index (κ2) is 7.58. The Kier molecular flexibility index (Phi) is 5.73. The van der Waals surface area contributed by atoms with Gasteiger partial charge in [-0.2, -0.15) is 0 Å². The Morgan fingerprint density at radius 1 is 1.12 bits per heavy atom. The molecule has 0 saturated carbocycles. The van der Waals surface area contributed by atoms with Gasteiger partial charge < -0.3 is 10.4 Å². The zero-order valence-corrected chi connectivity index (χ0v) is 14.3. The first-order valence-electron chi connectivity index (χ1n) is 8.09. The first-order valence-corrected chi connectivity index (χ1v) is 8.09. The molecule has 0 fully saturated rings. The van der Waals surface area contributed by atoms with Crippen molar-refractivity contribution in [3.05, 3.63) is 71.5 Å². The Morgan fingerprint density at radius 2 is 1.71 bits per heavy atom. The molecule has 2 atom stereocenters. The lowest BCUT2D eigenvalue weighted by molar-refractivity contribution is -0.127. The number of hydrogen-bond donors (Lipinski definition) is 2. The van der Waals surface area contributed by atoms with Crippen LogP contribution in [0.25, 0.3) is 0 Å². The van der Waals surface area contributed by atoms with E-state index in [0.29, 0.717) is 6.42 Å². The largest absolute Gasteiger partial charge is 0.391 e. The van der Waals surface area contributed by atoms with Crippen LogP contribution in [0.1, 0.15) is 31.9 Å². The molecule has 2 unspecified atom stereocenters. The van der Waals surface area contributed by atoms with Crippen molar-refractivity contribution in [1.82, 2.24) is 5.32 Å². The predicted molar refractivity (Wildman–Crippen MR) is 93.2 cm³/mol. The van der Waals surface area contributed by atoms with Gasteiger partial charge in [-0.3, -0.25) is 4.79 Å². The molecule has 2 N–H and O–H groups in total. The smallest absolute Gasteiger partial charge is 0.230 e. The number of nitrogens with one attached hydrogen (secondary N) is 1. The second-order valence-electron chi connectivity index (χ2n) is 6.65. The third-order valence-corrected chi connectivity index (χ3v) is 4.36. The van der Waals surface area contributed by atoms with E-state index in [1.165, 1.54) is 12.1 Å². The number of halogens is 1. The number of amides is 1. The number of aliphatic hydroxyl groups excluding tert-OH is 1. The summed E-state index contributed by atoms with van der Waals surface area (Å²) in [6, 6.07) is 15.2. The maximum absolute atomic E-state index is 13.1. The molecular weight excluding hydrogens is 305 g/mol. The van der Waals surface area contributed by atoms with Crippen molar-refractivity contribution in [2.45, 2.75) is 44.8 Å². The molecule has 4 heteroatoms. The van der Waals surface area contributed by atoms with E-state index in [0.717, 1.165) is 11.1 Å². The van der Waals surface area contributed by atoms with Crippen LogP contribution < -0.4 is 5.32 Å². The lowest BCUT2D eigenvalue weighted by atomic mass is 9.83. The van der Waals surface area contributed by atoms with Gasteiger partial charge in [-0.1, -0.05) is 42.5 Å². The van der Waals surface area contributed by atoms with Gasteiger partial charge in [0.1, 0.15) is 5.82 Å². The Balaban J connectivity index is 2.00. The van der Waals surface area contributed by atoms with E-state index < -0.39 is 17.6 Å². The van der Waals surface area contributed by atoms with E-state index in [9.17, 15) is 14.3 Å². The molecule has 0 aliphatic carbocycles. The normalized spacial score (nSPS) is 14.0. The van der Waals surface area contributed by atoms with Crippen LogP contribution >= 0.6 is 0 Å². The average molecular weight is 329 g/mol. The van der Waals surface area contributed by atoms with Crippen molar-refractivity contribution in [3.8, 4) is 0 Å².